The second-order valence-corrected chi connectivity index (χ2v) is 6.96. The Bertz CT molecular complexity index is 865. The molecule has 26 heavy (non-hydrogen) atoms. The molecule has 1 unspecified atom stereocenters. The molecule has 2 aromatic rings. The summed E-state index contributed by atoms with van der Waals surface area (Å²) in [6, 6.07) is 9.25. The van der Waals surface area contributed by atoms with Crippen molar-refractivity contribution < 1.29 is 13.9 Å². The van der Waals surface area contributed by atoms with Gasteiger partial charge in [0.25, 0.3) is 0 Å². The standard InChI is InChI=1S/C21H23FN2O2/c1-3-8-24-9-7-14-10-15(22)12-16-19(14)17(24)11-13-5-4-6-18(20(13)16)26-21(25)23-2/h4-6,10,12,17H,3,7-9,11H2,1-2H3,(H,23,25). The number of fused-ring (bicyclic) bond motifs is 2. The number of nitrogens with zero attached hydrogens (tertiary/aromatic N) is 1. The molecule has 4 rings (SSSR count). The molecular formula is C21H23FN2O2. The Morgan fingerprint density at radius 1 is 1.35 bits per heavy atom. The van der Waals surface area contributed by atoms with Crippen LogP contribution in [0, 0.1) is 5.82 Å². The highest BCUT2D eigenvalue weighted by atomic mass is 19.1. The summed E-state index contributed by atoms with van der Waals surface area (Å²) in [4.78, 5) is 14.3. The molecule has 136 valence electrons. The molecule has 1 N–H and O–H groups in total. The lowest BCUT2D eigenvalue weighted by atomic mass is 9.76. The van der Waals surface area contributed by atoms with E-state index in [-0.39, 0.29) is 11.9 Å². The minimum atomic E-state index is -0.515. The highest BCUT2D eigenvalue weighted by molar-refractivity contribution is 5.83. The molecule has 1 aliphatic heterocycles. The van der Waals surface area contributed by atoms with Gasteiger partial charge in [0.05, 0.1) is 0 Å². The van der Waals surface area contributed by atoms with Crippen LogP contribution in [0.1, 0.15) is 36.1 Å². The fourth-order valence-corrected chi connectivity index (χ4v) is 4.37. The number of carbonyl (C=O) groups excluding carboxylic acids is 1. The van der Waals surface area contributed by atoms with E-state index in [4.69, 9.17) is 4.74 Å². The fourth-order valence-electron chi connectivity index (χ4n) is 4.37. The van der Waals surface area contributed by atoms with Crippen molar-refractivity contribution in [2.75, 3.05) is 20.1 Å². The minimum Gasteiger partial charge on any atom is -0.410 e. The molecule has 1 aliphatic carbocycles. The molecule has 2 aromatic carbocycles. The maximum Gasteiger partial charge on any atom is 0.412 e. The lowest BCUT2D eigenvalue weighted by Crippen LogP contribution is -2.39. The molecule has 0 bridgehead atoms. The smallest absolute Gasteiger partial charge is 0.410 e. The first kappa shape index (κ1) is 17.0. The van der Waals surface area contributed by atoms with E-state index >= 15 is 0 Å². The van der Waals surface area contributed by atoms with E-state index in [1.165, 1.54) is 12.6 Å². The maximum atomic E-state index is 14.4. The molecule has 0 spiro atoms. The highest BCUT2D eigenvalue weighted by Gasteiger charge is 2.35. The first-order chi connectivity index (χ1) is 12.6. The van der Waals surface area contributed by atoms with Crippen molar-refractivity contribution in [3.8, 4) is 16.9 Å². The Morgan fingerprint density at radius 3 is 2.96 bits per heavy atom. The molecule has 0 aromatic heterocycles. The Kier molecular flexibility index (Phi) is 4.41. The Hall–Kier alpha value is -2.40. The van der Waals surface area contributed by atoms with Crippen molar-refractivity contribution in [1.82, 2.24) is 10.2 Å². The third-order valence-corrected chi connectivity index (χ3v) is 5.39. The number of halogens is 1. The number of rotatable bonds is 3. The van der Waals surface area contributed by atoms with Crippen molar-refractivity contribution >= 4 is 6.09 Å². The second-order valence-electron chi connectivity index (χ2n) is 6.96. The summed E-state index contributed by atoms with van der Waals surface area (Å²) in [5, 5.41) is 2.48. The van der Waals surface area contributed by atoms with Gasteiger partial charge in [-0.05, 0) is 66.3 Å². The summed E-state index contributed by atoms with van der Waals surface area (Å²) in [6.07, 6.45) is 2.28. The fraction of sp³-hybridized carbons (Fsp3) is 0.381. The molecule has 2 aliphatic rings. The largest absolute Gasteiger partial charge is 0.412 e. The first-order valence-corrected chi connectivity index (χ1v) is 9.20. The molecule has 1 atom stereocenters. The number of carbonyl (C=O) groups is 1. The van der Waals surface area contributed by atoms with Gasteiger partial charge in [0.15, 0.2) is 0 Å². The maximum absolute atomic E-state index is 14.4. The lowest BCUT2D eigenvalue weighted by Gasteiger charge is -2.41. The van der Waals surface area contributed by atoms with Crippen molar-refractivity contribution in [1.29, 1.82) is 0 Å². The van der Waals surface area contributed by atoms with E-state index in [0.717, 1.165) is 54.6 Å². The number of hydrogen-bond donors (Lipinski definition) is 1. The zero-order valence-corrected chi connectivity index (χ0v) is 15.1. The summed E-state index contributed by atoms with van der Waals surface area (Å²) in [6.45, 7) is 4.18. The van der Waals surface area contributed by atoms with Gasteiger partial charge in [-0.2, -0.15) is 0 Å². The van der Waals surface area contributed by atoms with Crippen molar-refractivity contribution in [2.45, 2.75) is 32.2 Å². The molecule has 1 heterocycles. The summed E-state index contributed by atoms with van der Waals surface area (Å²) >= 11 is 0. The van der Waals surface area contributed by atoms with Gasteiger partial charge in [-0.15, -0.1) is 0 Å². The molecular weight excluding hydrogens is 331 g/mol. The normalized spacial score (nSPS) is 18.0. The summed E-state index contributed by atoms with van der Waals surface area (Å²) in [5.74, 6) is 0.254. The number of ether oxygens (including phenoxy) is 1. The molecule has 0 saturated heterocycles. The molecule has 0 fully saturated rings. The topological polar surface area (TPSA) is 41.6 Å². The molecule has 1 amide bonds. The van der Waals surface area contributed by atoms with Gasteiger partial charge < -0.3 is 10.1 Å². The van der Waals surface area contributed by atoms with Crippen molar-refractivity contribution in [3.05, 3.63) is 52.8 Å². The van der Waals surface area contributed by atoms with E-state index in [1.807, 2.05) is 6.07 Å². The van der Waals surface area contributed by atoms with E-state index < -0.39 is 6.09 Å². The zero-order chi connectivity index (χ0) is 18.3. The van der Waals surface area contributed by atoms with Gasteiger partial charge in [0, 0.05) is 25.2 Å². The number of hydrogen-bond acceptors (Lipinski definition) is 3. The molecule has 0 saturated carbocycles. The van der Waals surface area contributed by atoms with Crippen LogP contribution in [0.5, 0.6) is 5.75 Å². The van der Waals surface area contributed by atoms with Crippen molar-refractivity contribution in [2.24, 2.45) is 0 Å². The number of benzene rings is 2. The van der Waals surface area contributed by atoms with Gasteiger partial charge >= 0.3 is 6.09 Å². The zero-order valence-electron chi connectivity index (χ0n) is 15.1. The monoisotopic (exact) mass is 354 g/mol. The van der Waals surface area contributed by atoms with Gasteiger partial charge in [0.2, 0.25) is 0 Å². The Balaban J connectivity index is 1.90. The van der Waals surface area contributed by atoms with E-state index in [9.17, 15) is 9.18 Å². The van der Waals surface area contributed by atoms with Gasteiger partial charge in [-0.25, -0.2) is 9.18 Å². The average Bonchev–Trinajstić information content (AvgIpc) is 2.63. The SMILES string of the molecule is CCCN1CCc2cc(F)cc3c2C1Cc1cccc(OC(=O)NC)c1-3. The molecule has 5 heteroatoms. The van der Waals surface area contributed by atoms with Crippen LogP contribution in [0.4, 0.5) is 9.18 Å². The summed E-state index contributed by atoms with van der Waals surface area (Å²) in [5.41, 5.74) is 5.10. The average molecular weight is 354 g/mol. The van der Waals surface area contributed by atoms with Crippen LogP contribution in [-0.2, 0) is 12.8 Å². The van der Waals surface area contributed by atoms with Crippen LogP contribution in [0.2, 0.25) is 0 Å². The Labute approximate surface area is 153 Å². The summed E-state index contributed by atoms with van der Waals surface area (Å²) in [7, 11) is 1.53. The Morgan fingerprint density at radius 2 is 2.19 bits per heavy atom. The van der Waals surface area contributed by atoms with Crippen LogP contribution in [0.3, 0.4) is 0 Å². The van der Waals surface area contributed by atoms with Crippen LogP contribution in [0.25, 0.3) is 11.1 Å². The summed E-state index contributed by atoms with van der Waals surface area (Å²) < 4.78 is 19.8. The number of nitrogens with one attached hydrogen (secondary N) is 1. The van der Waals surface area contributed by atoms with Crippen molar-refractivity contribution in [3.63, 3.8) is 0 Å². The quantitative estimate of drug-likeness (QED) is 0.903. The lowest BCUT2D eigenvalue weighted by molar-refractivity contribution is 0.182. The second kappa shape index (κ2) is 6.72. The predicted molar refractivity (Wildman–Crippen MR) is 98.9 cm³/mol. The minimum absolute atomic E-state index is 0.232. The predicted octanol–water partition coefficient (Wildman–Crippen LogP) is 4.08. The third-order valence-electron chi connectivity index (χ3n) is 5.39. The molecule has 0 radical (unpaired) electrons. The third kappa shape index (κ3) is 2.76. The van der Waals surface area contributed by atoms with E-state index in [1.54, 1.807) is 18.2 Å². The first-order valence-electron chi connectivity index (χ1n) is 9.20. The van der Waals surface area contributed by atoms with Gasteiger partial charge in [0.1, 0.15) is 11.6 Å². The molecule has 4 nitrogen and oxygen atoms in total. The number of amides is 1. The van der Waals surface area contributed by atoms with E-state index in [2.05, 4.69) is 23.2 Å². The van der Waals surface area contributed by atoms with Gasteiger partial charge in [-0.3, -0.25) is 4.90 Å². The van der Waals surface area contributed by atoms with Crippen LogP contribution in [-0.4, -0.2) is 31.1 Å². The van der Waals surface area contributed by atoms with Gasteiger partial charge in [-0.1, -0.05) is 19.1 Å². The van der Waals surface area contributed by atoms with Crippen LogP contribution < -0.4 is 10.1 Å². The highest BCUT2D eigenvalue weighted by Crippen LogP contribution is 2.48. The van der Waals surface area contributed by atoms with E-state index in [0.29, 0.717) is 5.75 Å². The van der Waals surface area contributed by atoms with Crippen LogP contribution >= 0.6 is 0 Å². The van der Waals surface area contributed by atoms with Crippen LogP contribution in [0.15, 0.2) is 30.3 Å².